The first-order valence-corrected chi connectivity index (χ1v) is 10.6. The summed E-state index contributed by atoms with van der Waals surface area (Å²) in [5, 5.41) is 12.9. The number of amides is 1. The van der Waals surface area contributed by atoms with Crippen LogP contribution < -0.4 is 5.32 Å². The highest BCUT2D eigenvalue weighted by molar-refractivity contribution is 8.00. The number of hydrogen-bond acceptors (Lipinski definition) is 6. The van der Waals surface area contributed by atoms with Crippen LogP contribution in [0.4, 0.5) is 0 Å². The number of nitrogens with zero attached hydrogens (tertiary/aromatic N) is 1. The lowest BCUT2D eigenvalue weighted by Gasteiger charge is -2.28. The van der Waals surface area contributed by atoms with Crippen LogP contribution >= 0.6 is 11.8 Å². The Morgan fingerprint density at radius 1 is 1.23 bits per heavy atom. The maximum absolute atomic E-state index is 12.7. The van der Waals surface area contributed by atoms with Crippen LogP contribution in [0.1, 0.15) is 52.4 Å². The summed E-state index contributed by atoms with van der Waals surface area (Å²) < 4.78 is 5.15. The first-order valence-electron chi connectivity index (χ1n) is 9.51. The molecule has 8 heteroatoms. The van der Waals surface area contributed by atoms with Crippen molar-refractivity contribution in [1.29, 1.82) is 0 Å². The van der Waals surface area contributed by atoms with Gasteiger partial charge in [-0.15, -0.1) is 0 Å². The number of carbonyl (C=O) groups is 3. The number of nitrogens with one attached hydrogen (secondary N) is 1. The van der Waals surface area contributed by atoms with Gasteiger partial charge < -0.3 is 14.7 Å². The van der Waals surface area contributed by atoms with Crippen LogP contribution in [0.5, 0.6) is 0 Å². The van der Waals surface area contributed by atoms with Gasteiger partial charge in [0, 0.05) is 17.5 Å². The van der Waals surface area contributed by atoms with Crippen LogP contribution in [0.2, 0.25) is 0 Å². The summed E-state index contributed by atoms with van der Waals surface area (Å²) in [4.78, 5) is 37.7. The van der Waals surface area contributed by atoms with Gasteiger partial charge >= 0.3 is 11.9 Å². The summed E-state index contributed by atoms with van der Waals surface area (Å²) in [7, 11) is 0. The molecule has 148 valence electrons. The maximum atomic E-state index is 12.7. The van der Waals surface area contributed by atoms with Gasteiger partial charge in [-0.25, -0.2) is 4.79 Å². The Bertz CT molecular complexity index is 510. The van der Waals surface area contributed by atoms with Gasteiger partial charge in [-0.2, -0.15) is 11.8 Å². The molecular formula is C18H30N2O5S. The minimum atomic E-state index is -0.971. The molecule has 0 radical (unpaired) electrons. The molecule has 26 heavy (non-hydrogen) atoms. The smallest absolute Gasteiger partial charge is 0.326 e. The highest BCUT2D eigenvalue weighted by Crippen LogP contribution is 2.30. The van der Waals surface area contributed by atoms with Crippen molar-refractivity contribution in [2.75, 3.05) is 18.9 Å². The largest absolute Gasteiger partial charge is 0.480 e. The molecule has 0 spiro atoms. The third-order valence-corrected chi connectivity index (χ3v) is 6.48. The van der Waals surface area contributed by atoms with Crippen LogP contribution in [-0.2, 0) is 19.1 Å². The van der Waals surface area contributed by atoms with E-state index in [1.165, 1.54) is 30.6 Å². The lowest BCUT2D eigenvalue weighted by atomic mass is 10.2. The summed E-state index contributed by atoms with van der Waals surface area (Å²) in [6.07, 6.45) is 5.97. The summed E-state index contributed by atoms with van der Waals surface area (Å²) in [6.45, 7) is 4.19. The molecule has 1 aliphatic heterocycles. The minimum absolute atomic E-state index is 0.268. The zero-order chi connectivity index (χ0) is 19.1. The van der Waals surface area contributed by atoms with Crippen molar-refractivity contribution < 1.29 is 24.2 Å². The average Bonchev–Trinajstić information content (AvgIpc) is 3.28. The molecule has 1 saturated heterocycles. The van der Waals surface area contributed by atoms with Crippen LogP contribution in [0.15, 0.2) is 0 Å². The molecule has 1 heterocycles. The second-order valence-electron chi connectivity index (χ2n) is 6.96. The third-order valence-electron chi connectivity index (χ3n) is 5.01. The fourth-order valence-electron chi connectivity index (χ4n) is 3.62. The number of hydrogen-bond donors (Lipinski definition) is 2. The van der Waals surface area contributed by atoms with Crippen molar-refractivity contribution in [2.24, 2.45) is 0 Å². The molecule has 2 N–H and O–H groups in total. The number of esters is 1. The predicted molar refractivity (Wildman–Crippen MR) is 100 cm³/mol. The van der Waals surface area contributed by atoms with Gasteiger partial charge in [0.15, 0.2) is 0 Å². The summed E-state index contributed by atoms with van der Waals surface area (Å²) in [6, 6.07) is -1.96. The quantitative estimate of drug-likeness (QED) is 0.582. The Morgan fingerprint density at radius 2 is 1.92 bits per heavy atom. The molecule has 2 aliphatic rings. The minimum Gasteiger partial charge on any atom is -0.480 e. The van der Waals surface area contributed by atoms with Crippen LogP contribution in [-0.4, -0.2) is 70.1 Å². The fourth-order valence-corrected chi connectivity index (χ4v) is 4.99. The molecule has 0 aromatic carbocycles. The number of carboxylic acids is 1. The molecule has 7 nitrogen and oxygen atoms in total. The number of carboxylic acid groups (broad SMARTS) is 1. The summed E-state index contributed by atoms with van der Waals surface area (Å²) >= 11 is 1.76. The van der Waals surface area contributed by atoms with E-state index in [4.69, 9.17) is 4.74 Å². The molecule has 3 atom stereocenters. The van der Waals surface area contributed by atoms with E-state index in [-0.39, 0.29) is 11.9 Å². The van der Waals surface area contributed by atoms with Crippen molar-refractivity contribution in [3.05, 3.63) is 0 Å². The summed E-state index contributed by atoms with van der Waals surface area (Å²) in [5.74, 6) is -1.03. The summed E-state index contributed by atoms with van der Waals surface area (Å²) in [5.41, 5.74) is 0. The molecule has 0 bridgehead atoms. The number of thioether (sulfide) groups is 1. The van der Waals surface area contributed by atoms with E-state index in [9.17, 15) is 19.5 Å². The monoisotopic (exact) mass is 386 g/mol. The lowest BCUT2D eigenvalue weighted by Crippen LogP contribution is -2.54. The number of ether oxygens (including phenoxy) is 1. The zero-order valence-corrected chi connectivity index (χ0v) is 16.4. The lowest BCUT2D eigenvalue weighted by molar-refractivity contribution is -0.150. The number of aliphatic carboxylic acids is 1. The number of rotatable bonds is 9. The van der Waals surface area contributed by atoms with Gasteiger partial charge in [-0.05, 0) is 39.5 Å². The van der Waals surface area contributed by atoms with Gasteiger partial charge in [0.05, 0.1) is 12.6 Å². The van der Waals surface area contributed by atoms with E-state index in [0.717, 1.165) is 0 Å². The van der Waals surface area contributed by atoms with Gasteiger partial charge in [0.1, 0.15) is 12.1 Å². The van der Waals surface area contributed by atoms with Gasteiger partial charge in [0.25, 0.3) is 0 Å². The van der Waals surface area contributed by atoms with Gasteiger partial charge in [0.2, 0.25) is 5.91 Å². The molecule has 1 amide bonds. The van der Waals surface area contributed by atoms with Gasteiger partial charge in [-0.3, -0.25) is 14.9 Å². The Labute approximate surface area is 159 Å². The van der Waals surface area contributed by atoms with E-state index in [2.05, 4.69) is 5.32 Å². The third kappa shape index (κ3) is 5.61. The van der Waals surface area contributed by atoms with Crippen molar-refractivity contribution in [3.63, 3.8) is 0 Å². The molecule has 1 unspecified atom stereocenters. The van der Waals surface area contributed by atoms with Crippen molar-refractivity contribution in [3.8, 4) is 0 Å². The Morgan fingerprint density at radius 3 is 2.54 bits per heavy atom. The molecule has 0 aromatic heterocycles. The molecule has 2 fully saturated rings. The second kappa shape index (κ2) is 10.2. The molecule has 1 saturated carbocycles. The fraction of sp³-hybridized carbons (Fsp3) is 0.833. The Hall–Kier alpha value is -1.28. The van der Waals surface area contributed by atoms with E-state index >= 15 is 0 Å². The Kier molecular flexibility index (Phi) is 8.21. The van der Waals surface area contributed by atoms with E-state index in [1.54, 1.807) is 25.6 Å². The highest BCUT2D eigenvalue weighted by Gasteiger charge is 2.37. The molecule has 0 aromatic rings. The number of likely N-dealkylation sites (tertiary alicyclic amines) is 1. The highest BCUT2D eigenvalue weighted by atomic mass is 32.2. The van der Waals surface area contributed by atoms with Crippen LogP contribution in [0, 0.1) is 0 Å². The number of carbonyl (C=O) groups excluding carboxylic acids is 2. The van der Waals surface area contributed by atoms with Crippen LogP contribution in [0.3, 0.4) is 0 Å². The first-order chi connectivity index (χ1) is 12.4. The Balaban J connectivity index is 1.94. The topological polar surface area (TPSA) is 95.9 Å². The molecule has 1 aliphatic carbocycles. The normalized spacial score (nSPS) is 23.0. The first kappa shape index (κ1) is 21.0. The van der Waals surface area contributed by atoms with E-state index < -0.39 is 24.1 Å². The SMILES string of the molecule is CCOC(=O)[C@H](CSC1CCCC1)NC(C)C(=O)N1CCC[C@H]1C(=O)O. The van der Waals surface area contributed by atoms with Crippen molar-refractivity contribution >= 4 is 29.6 Å². The van der Waals surface area contributed by atoms with Crippen LogP contribution in [0.25, 0.3) is 0 Å². The van der Waals surface area contributed by atoms with Crippen molar-refractivity contribution in [2.45, 2.75) is 75.7 Å². The van der Waals surface area contributed by atoms with Crippen molar-refractivity contribution in [1.82, 2.24) is 10.2 Å². The average molecular weight is 387 g/mol. The van der Waals surface area contributed by atoms with Gasteiger partial charge in [-0.1, -0.05) is 12.8 Å². The zero-order valence-electron chi connectivity index (χ0n) is 15.6. The molecule has 2 rings (SSSR count). The van der Waals surface area contributed by atoms with E-state index in [0.29, 0.717) is 37.0 Å². The standard InChI is InChI=1S/C18H30N2O5S/c1-3-25-18(24)14(11-26-13-7-4-5-8-13)19-12(2)16(21)20-10-6-9-15(20)17(22)23/h12-15,19H,3-11H2,1-2H3,(H,22,23)/t12?,14-,15-/m0/s1. The molecular weight excluding hydrogens is 356 g/mol. The maximum Gasteiger partial charge on any atom is 0.326 e. The van der Waals surface area contributed by atoms with E-state index in [1.807, 2.05) is 0 Å². The second-order valence-corrected chi connectivity index (χ2v) is 8.29. The predicted octanol–water partition coefficient (Wildman–Crippen LogP) is 1.65.